The molecule has 0 saturated heterocycles. The lowest BCUT2D eigenvalue weighted by atomic mass is 10.2. The predicted octanol–water partition coefficient (Wildman–Crippen LogP) is 5.37. The molecule has 0 atom stereocenters. The number of hydrogen-bond acceptors (Lipinski definition) is 5. The number of carbonyl (C=O) groups is 1. The predicted molar refractivity (Wildman–Crippen MR) is 86.1 cm³/mol. The molecule has 0 unspecified atom stereocenters. The second-order valence-corrected chi connectivity index (χ2v) is 5.86. The van der Waals surface area contributed by atoms with E-state index in [1.165, 1.54) is 29.5 Å². The Morgan fingerprint density at radius 1 is 1.14 bits per heavy atom. The third-order valence-corrected chi connectivity index (χ3v) is 4.35. The molecule has 0 fully saturated rings. The maximum Gasteiger partial charge on any atom is 0.337 e. The van der Waals surface area contributed by atoms with Crippen LogP contribution < -0.4 is 0 Å². The molecular weight excluding hydrogens is 324 g/mol. The van der Waals surface area contributed by atoms with Crippen molar-refractivity contribution in [3.63, 3.8) is 0 Å². The molecule has 2 aromatic carbocycles. The number of azo groups is 1. The van der Waals surface area contributed by atoms with E-state index in [-0.39, 0.29) is 16.3 Å². The van der Waals surface area contributed by atoms with Crippen molar-refractivity contribution in [2.45, 2.75) is 0 Å². The molecule has 22 heavy (non-hydrogen) atoms. The lowest BCUT2D eigenvalue weighted by Gasteiger charge is -1.98. The van der Waals surface area contributed by atoms with Crippen LogP contribution in [0.5, 0.6) is 5.75 Å². The van der Waals surface area contributed by atoms with Gasteiger partial charge in [-0.1, -0.05) is 23.7 Å². The average molecular weight is 333 g/mol. The number of benzene rings is 2. The molecule has 3 rings (SSSR count). The van der Waals surface area contributed by atoms with Gasteiger partial charge in [0.05, 0.1) is 16.3 Å². The number of aromatic hydroxyl groups is 1. The Morgan fingerprint density at radius 2 is 1.91 bits per heavy atom. The highest BCUT2D eigenvalue weighted by molar-refractivity contribution is 7.23. The van der Waals surface area contributed by atoms with Crippen LogP contribution in [0, 0.1) is 0 Å². The zero-order valence-corrected chi connectivity index (χ0v) is 12.6. The van der Waals surface area contributed by atoms with E-state index in [0.29, 0.717) is 10.7 Å². The normalized spacial score (nSPS) is 11.3. The van der Waals surface area contributed by atoms with Gasteiger partial charge in [-0.05, 0) is 30.3 Å². The molecule has 7 heteroatoms. The van der Waals surface area contributed by atoms with Crippen molar-refractivity contribution in [1.82, 2.24) is 0 Å². The van der Waals surface area contributed by atoms with Gasteiger partial charge in [0.2, 0.25) is 0 Å². The van der Waals surface area contributed by atoms with Gasteiger partial charge in [0.25, 0.3) is 0 Å². The Labute approximate surface area is 134 Å². The summed E-state index contributed by atoms with van der Waals surface area (Å²) in [5, 5.41) is 28.2. The summed E-state index contributed by atoms with van der Waals surface area (Å²) in [7, 11) is 0. The SMILES string of the molecule is O=C(O)c1ccc(N=Nc2sc3ccccc3c2O)cc1Cl. The molecular formula is C15H9ClN2O3S. The summed E-state index contributed by atoms with van der Waals surface area (Å²) in [5.41, 5.74) is 0.414. The molecule has 110 valence electrons. The number of hydrogen-bond donors (Lipinski definition) is 2. The van der Waals surface area contributed by atoms with Crippen LogP contribution in [0.1, 0.15) is 10.4 Å². The van der Waals surface area contributed by atoms with Crippen LogP contribution >= 0.6 is 22.9 Å². The number of aromatic carboxylic acids is 1. The fourth-order valence-corrected chi connectivity index (χ4v) is 3.10. The fraction of sp³-hybridized carbons (Fsp3) is 0. The maximum absolute atomic E-state index is 10.9. The molecule has 0 aliphatic carbocycles. The Bertz CT molecular complexity index is 905. The van der Waals surface area contributed by atoms with Crippen molar-refractivity contribution in [2.75, 3.05) is 0 Å². The highest BCUT2D eigenvalue weighted by atomic mass is 35.5. The summed E-state index contributed by atoms with van der Waals surface area (Å²) in [6.07, 6.45) is 0. The molecule has 0 spiro atoms. The van der Waals surface area contributed by atoms with Gasteiger partial charge in [0.1, 0.15) is 0 Å². The van der Waals surface area contributed by atoms with Gasteiger partial charge in [-0.25, -0.2) is 4.79 Å². The maximum atomic E-state index is 10.9. The second-order valence-electron chi connectivity index (χ2n) is 4.42. The number of carboxylic acids is 1. The van der Waals surface area contributed by atoms with E-state index in [1.54, 1.807) is 6.07 Å². The van der Waals surface area contributed by atoms with E-state index in [4.69, 9.17) is 16.7 Å². The van der Waals surface area contributed by atoms with Crippen LogP contribution in [0.25, 0.3) is 10.1 Å². The Kier molecular flexibility index (Phi) is 3.79. The zero-order chi connectivity index (χ0) is 15.7. The van der Waals surface area contributed by atoms with Crippen molar-refractivity contribution in [3.8, 4) is 5.75 Å². The van der Waals surface area contributed by atoms with Crippen molar-refractivity contribution in [3.05, 3.63) is 53.1 Å². The molecule has 0 radical (unpaired) electrons. The van der Waals surface area contributed by atoms with Crippen LogP contribution in [-0.2, 0) is 0 Å². The van der Waals surface area contributed by atoms with Crippen LogP contribution in [-0.4, -0.2) is 16.2 Å². The Balaban J connectivity index is 1.94. The van der Waals surface area contributed by atoms with Crippen LogP contribution in [0.3, 0.4) is 0 Å². The molecule has 0 saturated carbocycles. The van der Waals surface area contributed by atoms with Gasteiger partial charge in [0, 0.05) is 10.1 Å². The first-order valence-corrected chi connectivity index (χ1v) is 7.41. The standard InChI is InChI=1S/C15H9ClN2O3S/c16-11-7-8(5-6-9(11)15(20)21)17-18-14-13(19)10-3-1-2-4-12(10)22-14/h1-7,19H,(H,20,21). The highest BCUT2D eigenvalue weighted by Gasteiger charge is 2.11. The molecule has 1 aromatic heterocycles. The van der Waals surface area contributed by atoms with E-state index in [9.17, 15) is 9.90 Å². The van der Waals surface area contributed by atoms with Gasteiger partial charge >= 0.3 is 5.97 Å². The highest BCUT2D eigenvalue weighted by Crippen LogP contribution is 2.43. The molecule has 0 bridgehead atoms. The summed E-state index contributed by atoms with van der Waals surface area (Å²) < 4.78 is 0.910. The Morgan fingerprint density at radius 3 is 2.59 bits per heavy atom. The van der Waals surface area contributed by atoms with Crippen molar-refractivity contribution in [2.24, 2.45) is 10.2 Å². The van der Waals surface area contributed by atoms with E-state index in [0.717, 1.165) is 10.1 Å². The van der Waals surface area contributed by atoms with Crippen LogP contribution in [0.4, 0.5) is 10.7 Å². The van der Waals surface area contributed by atoms with E-state index < -0.39 is 5.97 Å². The molecule has 3 aromatic rings. The number of carboxylic acid groups (broad SMARTS) is 1. The number of fused-ring (bicyclic) bond motifs is 1. The van der Waals surface area contributed by atoms with Crippen molar-refractivity contribution in [1.29, 1.82) is 0 Å². The van der Waals surface area contributed by atoms with E-state index in [1.807, 2.05) is 18.2 Å². The molecule has 0 amide bonds. The molecule has 0 aliphatic rings. The number of thiophene rings is 1. The fourth-order valence-electron chi connectivity index (χ4n) is 1.93. The first-order chi connectivity index (χ1) is 10.6. The monoisotopic (exact) mass is 332 g/mol. The number of rotatable bonds is 3. The van der Waals surface area contributed by atoms with Gasteiger partial charge in [-0.15, -0.1) is 21.6 Å². The molecule has 5 nitrogen and oxygen atoms in total. The first kappa shape index (κ1) is 14.5. The zero-order valence-electron chi connectivity index (χ0n) is 11.0. The number of halogens is 1. The molecule has 0 aliphatic heterocycles. The summed E-state index contributed by atoms with van der Waals surface area (Å²) in [6.45, 7) is 0. The second kappa shape index (κ2) is 5.75. The smallest absolute Gasteiger partial charge is 0.337 e. The molecule has 1 heterocycles. The third kappa shape index (κ3) is 2.66. The van der Waals surface area contributed by atoms with E-state index >= 15 is 0 Å². The minimum absolute atomic E-state index is 0.00493. The molecule has 2 N–H and O–H groups in total. The first-order valence-electron chi connectivity index (χ1n) is 6.21. The van der Waals surface area contributed by atoms with Crippen molar-refractivity contribution >= 4 is 49.7 Å². The van der Waals surface area contributed by atoms with E-state index in [2.05, 4.69) is 10.2 Å². The summed E-state index contributed by atoms with van der Waals surface area (Å²) in [5.74, 6) is -1.02. The minimum atomic E-state index is -1.10. The lowest BCUT2D eigenvalue weighted by Crippen LogP contribution is -1.96. The van der Waals surface area contributed by atoms with Gasteiger partial charge in [0.15, 0.2) is 10.8 Å². The van der Waals surface area contributed by atoms with Crippen LogP contribution in [0.15, 0.2) is 52.7 Å². The topological polar surface area (TPSA) is 82.2 Å². The largest absolute Gasteiger partial charge is 0.504 e. The summed E-state index contributed by atoms with van der Waals surface area (Å²) >= 11 is 7.19. The lowest BCUT2D eigenvalue weighted by molar-refractivity contribution is 0.0697. The average Bonchev–Trinajstić information content (AvgIpc) is 2.82. The van der Waals surface area contributed by atoms with Gasteiger partial charge < -0.3 is 10.2 Å². The quantitative estimate of drug-likeness (QED) is 0.632. The van der Waals surface area contributed by atoms with Crippen LogP contribution in [0.2, 0.25) is 5.02 Å². The van der Waals surface area contributed by atoms with Crippen molar-refractivity contribution < 1.29 is 15.0 Å². The van der Waals surface area contributed by atoms with Gasteiger partial charge in [-0.2, -0.15) is 0 Å². The summed E-state index contributed by atoms with van der Waals surface area (Å²) in [4.78, 5) is 10.9. The van der Waals surface area contributed by atoms with Gasteiger partial charge in [-0.3, -0.25) is 0 Å². The number of nitrogens with zero attached hydrogens (tertiary/aromatic N) is 2. The summed E-state index contributed by atoms with van der Waals surface area (Å²) in [6, 6.07) is 11.7. The Hall–Kier alpha value is -2.44. The third-order valence-electron chi connectivity index (χ3n) is 2.99. The minimum Gasteiger partial charge on any atom is -0.504 e.